The predicted octanol–water partition coefficient (Wildman–Crippen LogP) is 3.27. The average Bonchev–Trinajstić information content (AvgIpc) is 2.47. The molecule has 0 bridgehead atoms. The third kappa shape index (κ3) is 3.66. The quantitative estimate of drug-likeness (QED) is 0.481. The molecule has 1 aromatic carbocycles. The first-order chi connectivity index (χ1) is 10.0. The molecule has 5 nitrogen and oxygen atoms in total. The van der Waals surface area contributed by atoms with Crippen LogP contribution in [0.15, 0.2) is 41.1 Å². The van der Waals surface area contributed by atoms with E-state index in [1.165, 1.54) is 32.4 Å². The van der Waals surface area contributed by atoms with Crippen LogP contribution in [0.2, 0.25) is 0 Å². The highest BCUT2D eigenvalue weighted by molar-refractivity contribution is 9.10. The summed E-state index contributed by atoms with van der Waals surface area (Å²) in [5, 5.41) is 0. The van der Waals surface area contributed by atoms with Crippen molar-refractivity contribution in [1.82, 2.24) is 4.98 Å². The van der Waals surface area contributed by atoms with Gasteiger partial charge in [-0.3, -0.25) is 9.78 Å². The molecule has 21 heavy (non-hydrogen) atoms. The van der Waals surface area contributed by atoms with E-state index in [1.807, 2.05) is 0 Å². The van der Waals surface area contributed by atoms with E-state index in [0.717, 1.165) is 0 Å². The Morgan fingerprint density at radius 2 is 1.86 bits per heavy atom. The van der Waals surface area contributed by atoms with E-state index >= 15 is 0 Å². The van der Waals surface area contributed by atoms with Gasteiger partial charge in [-0.25, -0.2) is 4.79 Å². The number of carbonyl (C=O) groups is 2. The Balaban J connectivity index is 2.27. The Bertz CT molecular complexity index is 700. The molecule has 0 aliphatic carbocycles. The van der Waals surface area contributed by atoms with Gasteiger partial charge in [0.25, 0.3) is 0 Å². The third-order valence-electron chi connectivity index (χ3n) is 2.71. The van der Waals surface area contributed by atoms with Crippen LogP contribution in [0.5, 0.6) is 11.5 Å². The molecule has 0 fully saturated rings. The van der Waals surface area contributed by atoms with Crippen LogP contribution < -0.4 is 9.47 Å². The third-order valence-corrected chi connectivity index (χ3v) is 3.15. The minimum Gasteiger partial charge on any atom is -0.493 e. The number of ketones is 1. The van der Waals surface area contributed by atoms with Crippen molar-refractivity contribution in [1.29, 1.82) is 0 Å². The van der Waals surface area contributed by atoms with Gasteiger partial charge in [-0.1, -0.05) is 0 Å². The van der Waals surface area contributed by atoms with Gasteiger partial charge in [0.05, 0.1) is 12.7 Å². The maximum absolute atomic E-state index is 12.0. The standard InChI is InChI=1S/C15H12BrNO4/c1-9(18)10-3-4-13(14(6-10)20-2)21-15(19)11-5-12(16)8-17-7-11/h3-8H,1-2H3. The summed E-state index contributed by atoms with van der Waals surface area (Å²) in [7, 11) is 1.44. The van der Waals surface area contributed by atoms with Gasteiger partial charge < -0.3 is 9.47 Å². The average molecular weight is 350 g/mol. The van der Waals surface area contributed by atoms with Gasteiger partial charge in [0.2, 0.25) is 0 Å². The second-order valence-electron chi connectivity index (χ2n) is 4.20. The van der Waals surface area contributed by atoms with Gasteiger partial charge in [0, 0.05) is 22.4 Å². The molecule has 0 N–H and O–H groups in total. The molecule has 6 heteroatoms. The van der Waals surface area contributed by atoms with Crippen LogP contribution in [-0.4, -0.2) is 23.8 Å². The molecule has 0 amide bonds. The Kier molecular flexibility index (Phi) is 4.70. The SMILES string of the molecule is COc1cc(C(C)=O)ccc1OC(=O)c1cncc(Br)c1. The highest BCUT2D eigenvalue weighted by Gasteiger charge is 2.14. The van der Waals surface area contributed by atoms with E-state index in [9.17, 15) is 9.59 Å². The minimum absolute atomic E-state index is 0.0950. The molecule has 2 rings (SSSR count). The number of rotatable bonds is 4. The van der Waals surface area contributed by atoms with E-state index in [1.54, 1.807) is 18.3 Å². The zero-order valence-electron chi connectivity index (χ0n) is 11.4. The Morgan fingerprint density at radius 1 is 1.10 bits per heavy atom. The number of hydrogen-bond acceptors (Lipinski definition) is 5. The highest BCUT2D eigenvalue weighted by atomic mass is 79.9. The fourth-order valence-corrected chi connectivity index (χ4v) is 2.02. The molecule has 0 radical (unpaired) electrons. The van der Waals surface area contributed by atoms with E-state index in [4.69, 9.17) is 9.47 Å². The second kappa shape index (κ2) is 6.49. The molecular formula is C15H12BrNO4. The Hall–Kier alpha value is -2.21. The summed E-state index contributed by atoms with van der Waals surface area (Å²) in [6.07, 6.45) is 2.97. The summed E-state index contributed by atoms with van der Waals surface area (Å²) in [4.78, 5) is 27.3. The molecule has 0 unspecified atom stereocenters. The van der Waals surface area contributed by atoms with E-state index in [2.05, 4.69) is 20.9 Å². The van der Waals surface area contributed by atoms with Crippen molar-refractivity contribution in [2.24, 2.45) is 0 Å². The van der Waals surface area contributed by atoms with Gasteiger partial charge in [0.1, 0.15) is 0 Å². The fraction of sp³-hybridized carbons (Fsp3) is 0.133. The summed E-state index contributed by atoms with van der Waals surface area (Å²) in [6.45, 7) is 1.45. The number of nitrogens with zero attached hydrogens (tertiary/aromatic N) is 1. The molecule has 2 aromatic rings. The first-order valence-electron chi connectivity index (χ1n) is 6.03. The molecule has 1 aromatic heterocycles. The number of ether oxygens (including phenoxy) is 2. The normalized spacial score (nSPS) is 10.0. The van der Waals surface area contributed by atoms with Crippen molar-refractivity contribution in [3.63, 3.8) is 0 Å². The lowest BCUT2D eigenvalue weighted by atomic mass is 10.1. The van der Waals surface area contributed by atoms with E-state index < -0.39 is 5.97 Å². The fourth-order valence-electron chi connectivity index (χ4n) is 1.65. The number of methoxy groups -OCH3 is 1. The van der Waals surface area contributed by atoms with Crippen LogP contribution in [0, 0.1) is 0 Å². The largest absolute Gasteiger partial charge is 0.493 e. The molecule has 1 heterocycles. The highest BCUT2D eigenvalue weighted by Crippen LogP contribution is 2.29. The number of Topliss-reactive ketones (excluding diaryl/α,β-unsaturated/α-hetero) is 1. The number of pyridine rings is 1. The van der Waals surface area contributed by atoms with Gasteiger partial charge in [-0.05, 0) is 47.1 Å². The first-order valence-corrected chi connectivity index (χ1v) is 6.82. The van der Waals surface area contributed by atoms with Crippen LogP contribution in [0.4, 0.5) is 0 Å². The molecule has 0 aliphatic rings. The van der Waals surface area contributed by atoms with Crippen LogP contribution in [0.25, 0.3) is 0 Å². The molecule has 0 spiro atoms. The van der Waals surface area contributed by atoms with Crippen LogP contribution in [0.3, 0.4) is 0 Å². The van der Waals surface area contributed by atoms with Crippen LogP contribution >= 0.6 is 15.9 Å². The lowest BCUT2D eigenvalue weighted by Gasteiger charge is -2.10. The molecule has 108 valence electrons. The zero-order valence-corrected chi connectivity index (χ0v) is 13.0. The molecule has 0 saturated carbocycles. The topological polar surface area (TPSA) is 65.5 Å². The van der Waals surface area contributed by atoms with E-state index in [-0.39, 0.29) is 11.5 Å². The zero-order chi connectivity index (χ0) is 15.4. The number of esters is 1. The number of carbonyl (C=O) groups excluding carboxylic acids is 2. The lowest BCUT2D eigenvalue weighted by molar-refractivity contribution is 0.0729. The first kappa shape index (κ1) is 15.2. The number of halogens is 1. The molecular weight excluding hydrogens is 338 g/mol. The van der Waals surface area contributed by atoms with Crippen molar-refractivity contribution in [2.45, 2.75) is 6.92 Å². The number of hydrogen-bond donors (Lipinski definition) is 0. The minimum atomic E-state index is -0.558. The number of benzene rings is 1. The summed E-state index contributed by atoms with van der Waals surface area (Å²) in [5.74, 6) is -0.0912. The van der Waals surface area contributed by atoms with Crippen molar-refractivity contribution < 1.29 is 19.1 Å². The Morgan fingerprint density at radius 3 is 2.48 bits per heavy atom. The maximum Gasteiger partial charge on any atom is 0.345 e. The number of aromatic nitrogens is 1. The summed E-state index contributed by atoms with van der Waals surface area (Å²) in [5.41, 5.74) is 0.790. The molecule has 0 atom stereocenters. The predicted molar refractivity (Wildman–Crippen MR) is 79.9 cm³/mol. The summed E-state index contributed by atoms with van der Waals surface area (Å²) >= 11 is 3.24. The molecule has 0 aliphatic heterocycles. The maximum atomic E-state index is 12.0. The lowest BCUT2D eigenvalue weighted by Crippen LogP contribution is -2.10. The summed E-state index contributed by atoms with van der Waals surface area (Å²) in [6, 6.07) is 6.24. The van der Waals surface area contributed by atoms with Crippen molar-refractivity contribution in [2.75, 3.05) is 7.11 Å². The van der Waals surface area contributed by atoms with Gasteiger partial charge in [-0.2, -0.15) is 0 Å². The van der Waals surface area contributed by atoms with Crippen LogP contribution in [-0.2, 0) is 0 Å². The van der Waals surface area contributed by atoms with Crippen molar-refractivity contribution in [3.8, 4) is 11.5 Å². The van der Waals surface area contributed by atoms with E-state index in [0.29, 0.717) is 21.3 Å². The van der Waals surface area contributed by atoms with Crippen molar-refractivity contribution in [3.05, 3.63) is 52.3 Å². The molecule has 0 saturated heterocycles. The Labute approximate surface area is 130 Å². The van der Waals surface area contributed by atoms with Crippen LogP contribution in [0.1, 0.15) is 27.6 Å². The monoisotopic (exact) mass is 349 g/mol. The van der Waals surface area contributed by atoms with Gasteiger partial charge >= 0.3 is 5.97 Å². The smallest absolute Gasteiger partial charge is 0.345 e. The van der Waals surface area contributed by atoms with Crippen molar-refractivity contribution >= 4 is 27.7 Å². The van der Waals surface area contributed by atoms with Gasteiger partial charge in [0.15, 0.2) is 17.3 Å². The second-order valence-corrected chi connectivity index (χ2v) is 5.12. The summed E-state index contributed by atoms with van der Waals surface area (Å²) < 4.78 is 11.1. The van der Waals surface area contributed by atoms with Gasteiger partial charge in [-0.15, -0.1) is 0 Å².